The fourth-order valence-electron chi connectivity index (χ4n) is 4.00. The Morgan fingerprint density at radius 1 is 1.15 bits per heavy atom. The third kappa shape index (κ3) is 4.50. The third-order valence-corrected chi connectivity index (χ3v) is 7.38. The zero-order chi connectivity index (χ0) is 19.6. The number of piperidine rings is 1. The minimum absolute atomic E-state index is 0.0728. The second-order valence-corrected chi connectivity index (χ2v) is 9.57. The van der Waals surface area contributed by atoms with E-state index in [-0.39, 0.29) is 30.7 Å². The van der Waals surface area contributed by atoms with Gasteiger partial charge >= 0.3 is 5.97 Å². The summed E-state index contributed by atoms with van der Waals surface area (Å²) in [6, 6.07) is 9.01. The van der Waals surface area contributed by atoms with E-state index in [2.05, 4.69) is 0 Å². The van der Waals surface area contributed by atoms with Crippen LogP contribution in [0.25, 0.3) is 0 Å². The SMILES string of the molecule is C[C@@H]1CN(C(=O)C2CCCN(S(=O)(=O)Cc3ccccc3)C2)C[C@H]1C(=O)O. The van der Waals surface area contributed by atoms with Gasteiger partial charge in [-0.25, -0.2) is 12.7 Å². The van der Waals surface area contributed by atoms with Gasteiger partial charge in [0.15, 0.2) is 0 Å². The molecule has 0 aromatic heterocycles. The first-order chi connectivity index (χ1) is 12.8. The number of rotatable bonds is 5. The van der Waals surface area contributed by atoms with Gasteiger partial charge in [0.2, 0.25) is 15.9 Å². The fraction of sp³-hybridized carbons (Fsp3) is 0.579. The second-order valence-electron chi connectivity index (χ2n) is 7.60. The Labute approximate surface area is 160 Å². The van der Waals surface area contributed by atoms with Crippen molar-refractivity contribution in [2.45, 2.75) is 25.5 Å². The number of hydrogen-bond acceptors (Lipinski definition) is 4. The van der Waals surface area contributed by atoms with Crippen LogP contribution in [-0.4, -0.2) is 60.8 Å². The highest BCUT2D eigenvalue weighted by Gasteiger charge is 2.40. The van der Waals surface area contributed by atoms with Crippen LogP contribution in [0.4, 0.5) is 0 Å². The van der Waals surface area contributed by atoms with Crippen molar-refractivity contribution < 1.29 is 23.1 Å². The normalized spacial score (nSPS) is 26.9. The number of carboxylic acids is 1. The molecule has 0 spiro atoms. The summed E-state index contributed by atoms with van der Waals surface area (Å²) < 4.78 is 26.9. The highest BCUT2D eigenvalue weighted by Crippen LogP contribution is 2.28. The molecular weight excluding hydrogens is 368 g/mol. The van der Waals surface area contributed by atoms with E-state index >= 15 is 0 Å². The maximum atomic E-state index is 12.9. The number of sulfonamides is 1. The molecule has 8 heteroatoms. The van der Waals surface area contributed by atoms with Crippen molar-refractivity contribution >= 4 is 21.9 Å². The number of benzene rings is 1. The van der Waals surface area contributed by atoms with Gasteiger partial charge in [-0.15, -0.1) is 0 Å². The van der Waals surface area contributed by atoms with E-state index in [1.165, 1.54) is 4.31 Å². The number of likely N-dealkylation sites (tertiary alicyclic amines) is 1. The largest absolute Gasteiger partial charge is 0.481 e. The van der Waals surface area contributed by atoms with Gasteiger partial charge in [0.1, 0.15) is 0 Å². The predicted octanol–water partition coefficient (Wildman–Crippen LogP) is 1.41. The van der Waals surface area contributed by atoms with Gasteiger partial charge in [0.05, 0.1) is 17.6 Å². The van der Waals surface area contributed by atoms with Crippen LogP contribution in [0.15, 0.2) is 30.3 Å². The average Bonchev–Trinajstić information content (AvgIpc) is 3.04. The topological polar surface area (TPSA) is 95.0 Å². The Morgan fingerprint density at radius 2 is 1.85 bits per heavy atom. The maximum Gasteiger partial charge on any atom is 0.308 e. The molecule has 1 unspecified atom stereocenters. The molecule has 7 nitrogen and oxygen atoms in total. The molecule has 0 bridgehead atoms. The molecule has 1 amide bonds. The Hall–Kier alpha value is -1.93. The lowest BCUT2D eigenvalue weighted by Gasteiger charge is -2.33. The van der Waals surface area contributed by atoms with Gasteiger partial charge in [-0.05, 0) is 24.3 Å². The minimum atomic E-state index is -3.49. The molecule has 3 rings (SSSR count). The Kier molecular flexibility index (Phi) is 5.86. The quantitative estimate of drug-likeness (QED) is 0.815. The maximum absolute atomic E-state index is 12.9. The number of hydrogen-bond donors (Lipinski definition) is 1. The van der Waals surface area contributed by atoms with Crippen molar-refractivity contribution in [2.75, 3.05) is 26.2 Å². The molecular formula is C19H26N2O5S. The first kappa shape index (κ1) is 19.8. The van der Waals surface area contributed by atoms with Crippen molar-refractivity contribution in [3.8, 4) is 0 Å². The van der Waals surface area contributed by atoms with Crippen LogP contribution in [0.2, 0.25) is 0 Å². The van der Waals surface area contributed by atoms with E-state index < -0.39 is 27.8 Å². The summed E-state index contributed by atoms with van der Waals surface area (Å²) in [6.07, 6.45) is 1.27. The molecule has 0 aliphatic carbocycles. The molecule has 1 N–H and O–H groups in total. The van der Waals surface area contributed by atoms with Crippen molar-refractivity contribution in [1.82, 2.24) is 9.21 Å². The highest BCUT2D eigenvalue weighted by atomic mass is 32.2. The van der Waals surface area contributed by atoms with Gasteiger partial charge in [0.25, 0.3) is 0 Å². The molecule has 0 radical (unpaired) electrons. The lowest BCUT2D eigenvalue weighted by Crippen LogP contribution is -2.46. The molecule has 1 aromatic rings. The number of carbonyl (C=O) groups is 2. The molecule has 3 atom stereocenters. The molecule has 0 saturated carbocycles. The van der Waals surface area contributed by atoms with Gasteiger partial charge in [-0.3, -0.25) is 9.59 Å². The molecule has 2 aliphatic heterocycles. The third-order valence-electron chi connectivity index (χ3n) is 5.56. The summed E-state index contributed by atoms with van der Waals surface area (Å²) in [4.78, 5) is 25.7. The summed E-state index contributed by atoms with van der Waals surface area (Å²) in [5, 5.41) is 9.26. The van der Waals surface area contributed by atoms with Gasteiger partial charge in [-0.1, -0.05) is 37.3 Å². The molecule has 2 saturated heterocycles. The second kappa shape index (κ2) is 7.98. The van der Waals surface area contributed by atoms with E-state index in [4.69, 9.17) is 0 Å². The first-order valence-corrected chi connectivity index (χ1v) is 10.9. The van der Waals surface area contributed by atoms with Crippen molar-refractivity contribution in [3.05, 3.63) is 35.9 Å². The van der Waals surface area contributed by atoms with Crippen LogP contribution < -0.4 is 0 Å². The van der Waals surface area contributed by atoms with Crippen molar-refractivity contribution in [1.29, 1.82) is 0 Å². The van der Waals surface area contributed by atoms with E-state index in [1.807, 2.05) is 13.0 Å². The van der Waals surface area contributed by atoms with Crippen molar-refractivity contribution in [3.63, 3.8) is 0 Å². The molecule has 2 aliphatic rings. The van der Waals surface area contributed by atoms with Crippen LogP contribution in [0.1, 0.15) is 25.3 Å². The molecule has 1 aromatic carbocycles. The Bertz CT molecular complexity index is 796. The summed E-state index contributed by atoms with van der Waals surface area (Å²) in [7, 11) is -3.49. The van der Waals surface area contributed by atoms with Crippen LogP contribution in [0.5, 0.6) is 0 Å². The van der Waals surface area contributed by atoms with E-state index in [0.29, 0.717) is 25.9 Å². The number of carboxylic acid groups (broad SMARTS) is 1. The number of amides is 1. The van der Waals surface area contributed by atoms with Crippen molar-refractivity contribution in [2.24, 2.45) is 17.8 Å². The van der Waals surface area contributed by atoms with E-state index in [0.717, 1.165) is 5.56 Å². The average molecular weight is 394 g/mol. The number of carbonyl (C=O) groups excluding carboxylic acids is 1. The summed E-state index contributed by atoms with van der Waals surface area (Å²) in [5.74, 6) is -2.11. The lowest BCUT2D eigenvalue weighted by molar-refractivity contribution is -0.142. The lowest BCUT2D eigenvalue weighted by atomic mass is 9.98. The highest BCUT2D eigenvalue weighted by molar-refractivity contribution is 7.88. The Balaban J connectivity index is 1.65. The fourth-order valence-corrected chi connectivity index (χ4v) is 5.61. The molecule has 2 heterocycles. The zero-order valence-corrected chi connectivity index (χ0v) is 16.3. The van der Waals surface area contributed by atoms with Crippen LogP contribution in [0, 0.1) is 17.8 Å². The van der Waals surface area contributed by atoms with E-state index in [9.17, 15) is 23.1 Å². The smallest absolute Gasteiger partial charge is 0.308 e. The van der Waals surface area contributed by atoms with Crippen LogP contribution in [0.3, 0.4) is 0 Å². The number of nitrogens with zero attached hydrogens (tertiary/aromatic N) is 2. The summed E-state index contributed by atoms with van der Waals surface area (Å²) >= 11 is 0. The zero-order valence-electron chi connectivity index (χ0n) is 15.5. The molecule has 2 fully saturated rings. The van der Waals surface area contributed by atoms with Gasteiger partial charge in [-0.2, -0.15) is 0 Å². The number of aliphatic carboxylic acids is 1. The van der Waals surface area contributed by atoms with E-state index in [1.54, 1.807) is 29.2 Å². The summed E-state index contributed by atoms with van der Waals surface area (Å²) in [6.45, 7) is 3.07. The monoisotopic (exact) mass is 394 g/mol. The van der Waals surface area contributed by atoms with Crippen LogP contribution in [-0.2, 0) is 25.4 Å². The first-order valence-electron chi connectivity index (χ1n) is 9.31. The Morgan fingerprint density at radius 3 is 2.48 bits per heavy atom. The van der Waals surface area contributed by atoms with Gasteiger partial charge < -0.3 is 10.0 Å². The van der Waals surface area contributed by atoms with Crippen LogP contribution >= 0.6 is 0 Å². The minimum Gasteiger partial charge on any atom is -0.481 e. The van der Waals surface area contributed by atoms with Gasteiger partial charge in [0, 0.05) is 26.2 Å². The standard InChI is InChI=1S/C19H26N2O5S/c1-14-10-20(12-17(14)19(23)24)18(22)16-8-5-9-21(11-16)27(25,26)13-15-6-3-2-4-7-15/h2-4,6-7,14,16-17H,5,8-13H2,1H3,(H,23,24)/t14-,16?,17-/m1/s1. The summed E-state index contributed by atoms with van der Waals surface area (Å²) in [5.41, 5.74) is 0.726. The predicted molar refractivity (Wildman–Crippen MR) is 100 cm³/mol. The molecule has 27 heavy (non-hydrogen) atoms. The molecule has 148 valence electrons.